The van der Waals surface area contributed by atoms with Gasteiger partial charge in [0.2, 0.25) is 0 Å². The molecule has 0 spiro atoms. The summed E-state index contributed by atoms with van der Waals surface area (Å²) in [5, 5.41) is 3.22. The van der Waals surface area contributed by atoms with Crippen molar-refractivity contribution in [2.75, 3.05) is 20.2 Å². The van der Waals surface area contributed by atoms with Crippen LogP contribution in [0.1, 0.15) is 52.9 Å². The molecule has 1 rings (SSSR count). The molecule has 0 saturated carbocycles. The van der Waals surface area contributed by atoms with Crippen LogP contribution in [0, 0.1) is 0 Å². The summed E-state index contributed by atoms with van der Waals surface area (Å²) in [4.78, 5) is 8.00. The lowest BCUT2D eigenvalue weighted by Crippen LogP contribution is -2.28. The SMILES string of the molecule is C1CCNC1.C=O.CCC(CC)(CC)OC. The molecule has 0 bridgehead atoms. The van der Waals surface area contributed by atoms with Crippen LogP contribution in [0.2, 0.25) is 0 Å². The van der Waals surface area contributed by atoms with Gasteiger partial charge in [-0.15, -0.1) is 0 Å². The Labute approximate surface area is 101 Å². The molecule has 3 nitrogen and oxygen atoms in total. The van der Waals surface area contributed by atoms with Crippen molar-refractivity contribution in [1.82, 2.24) is 5.32 Å². The second-order valence-corrected chi connectivity index (χ2v) is 3.90. The molecule has 0 aromatic heterocycles. The molecular formula is C13H29NO2. The first kappa shape index (κ1) is 18.0. The van der Waals surface area contributed by atoms with E-state index in [-0.39, 0.29) is 5.60 Å². The summed E-state index contributed by atoms with van der Waals surface area (Å²) in [7, 11) is 1.80. The monoisotopic (exact) mass is 231 g/mol. The highest BCUT2D eigenvalue weighted by atomic mass is 16.5. The predicted molar refractivity (Wildman–Crippen MR) is 69.8 cm³/mol. The normalized spacial score (nSPS) is 14.5. The fourth-order valence-corrected chi connectivity index (χ4v) is 1.81. The lowest BCUT2D eigenvalue weighted by Gasteiger charge is -2.28. The van der Waals surface area contributed by atoms with Crippen LogP contribution in [0.4, 0.5) is 0 Å². The Kier molecular flexibility index (Phi) is 14.2. The Morgan fingerprint density at radius 3 is 1.50 bits per heavy atom. The van der Waals surface area contributed by atoms with Gasteiger partial charge in [-0.2, -0.15) is 0 Å². The zero-order valence-electron chi connectivity index (χ0n) is 11.5. The van der Waals surface area contributed by atoms with Crippen LogP contribution < -0.4 is 5.32 Å². The second kappa shape index (κ2) is 12.7. The Morgan fingerprint density at radius 1 is 1.06 bits per heavy atom. The molecule has 0 radical (unpaired) electrons. The van der Waals surface area contributed by atoms with Gasteiger partial charge in [-0.3, -0.25) is 0 Å². The molecule has 1 heterocycles. The lowest BCUT2D eigenvalue weighted by atomic mass is 9.94. The number of carbonyl (C=O) groups is 1. The van der Waals surface area contributed by atoms with Crippen molar-refractivity contribution in [1.29, 1.82) is 0 Å². The van der Waals surface area contributed by atoms with Crippen LogP contribution in [-0.2, 0) is 9.53 Å². The van der Waals surface area contributed by atoms with Crippen LogP contribution in [0.25, 0.3) is 0 Å². The second-order valence-electron chi connectivity index (χ2n) is 3.90. The smallest absolute Gasteiger partial charge is 0.106 e. The van der Waals surface area contributed by atoms with Crippen LogP contribution in [-0.4, -0.2) is 32.6 Å². The van der Waals surface area contributed by atoms with Crippen molar-refractivity contribution >= 4 is 6.79 Å². The number of carbonyl (C=O) groups excluding carboxylic acids is 1. The third-order valence-corrected chi connectivity index (χ3v) is 3.32. The standard InChI is InChI=1S/C8H18O.C4H9N.CH2O/c1-5-8(6-2,7-3)9-4;1-2-4-5-3-1;1-2/h5-7H2,1-4H3;5H,1-4H2;1H2. The van der Waals surface area contributed by atoms with E-state index in [1.807, 2.05) is 6.79 Å². The molecule has 3 heteroatoms. The first-order valence-corrected chi connectivity index (χ1v) is 6.29. The van der Waals surface area contributed by atoms with Crippen molar-refractivity contribution in [3.63, 3.8) is 0 Å². The molecule has 1 fully saturated rings. The van der Waals surface area contributed by atoms with Gasteiger partial charge in [0.15, 0.2) is 0 Å². The molecule has 1 aliphatic heterocycles. The van der Waals surface area contributed by atoms with E-state index in [9.17, 15) is 0 Å². The molecule has 16 heavy (non-hydrogen) atoms. The molecular weight excluding hydrogens is 202 g/mol. The van der Waals surface area contributed by atoms with E-state index in [0.29, 0.717) is 0 Å². The Balaban J connectivity index is 0. The van der Waals surface area contributed by atoms with Gasteiger partial charge < -0.3 is 14.8 Å². The number of ether oxygens (including phenoxy) is 1. The Bertz CT molecular complexity index is 107. The molecule has 1 aliphatic rings. The Hall–Kier alpha value is -0.410. The van der Waals surface area contributed by atoms with Crippen LogP contribution in [0.5, 0.6) is 0 Å². The molecule has 1 saturated heterocycles. The summed E-state index contributed by atoms with van der Waals surface area (Å²) >= 11 is 0. The number of methoxy groups -OCH3 is 1. The molecule has 98 valence electrons. The zero-order valence-corrected chi connectivity index (χ0v) is 11.5. The molecule has 0 atom stereocenters. The third kappa shape index (κ3) is 7.83. The maximum absolute atomic E-state index is 8.00. The number of hydrogen-bond acceptors (Lipinski definition) is 3. The number of hydrogen-bond donors (Lipinski definition) is 1. The summed E-state index contributed by atoms with van der Waals surface area (Å²) in [6, 6.07) is 0. The fourth-order valence-electron chi connectivity index (χ4n) is 1.81. The van der Waals surface area contributed by atoms with Gasteiger partial charge in [-0.05, 0) is 45.2 Å². The van der Waals surface area contributed by atoms with Gasteiger partial charge in [0.25, 0.3) is 0 Å². The fraction of sp³-hybridized carbons (Fsp3) is 0.923. The molecule has 0 aliphatic carbocycles. The number of nitrogens with one attached hydrogen (secondary N) is 1. The lowest BCUT2D eigenvalue weighted by molar-refractivity contribution is -0.0979. The van der Waals surface area contributed by atoms with Crippen LogP contribution >= 0.6 is 0 Å². The summed E-state index contributed by atoms with van der Waals surface area (Å²) in [5.41, 5.74) is 0.167. The van der Waals surface area contributed by atoms with Crippen LogP contribution in [0.15, 0.2) is 0 Å². The maximum Gasteiger partial charge on any atom is 0.106 e. The van der Waals surface area contributed by atoms with Gasteiger partial charge in [-0.25, -0.2) is 0 Å². The third-order valence-electron chi connectivity index (χ3n) is 3.32. The van der Waals surface area contributed by atoms with E-state index < -0.39 is 0 Å². The largest absolute Gasteiger partial charge is 0.378 e. The van der Waals surface area contributed by atoms with Crippen molar-refractivity contribution < 1.29 is 9.53 Å². The van der Waals surface area contributed by atoms with Crippen molar-refractivity contribution in [2.24, 2.45) is 0 Å². The molecule has 0 amide bonds. The quantitative estimate of drug-likeness (QED) is 0.808. The first-order valence-electron chi connectivity index (χ1n) is 6.29. The van der Waals surface area contributed by atoms with Crippen molar-refractivity contribution in [2.45, 2.75) is 58.5 Å². The highest BCUT2D eigenvalue weighted by Gasteiger charge is 2.21. The topological polar surface area (TPSA) is 38.3 Å². The van der Waals surface area contributed by atoms with E-state index >= 15 is 0 Å². The minimum atomic E-state index is 0.167. The van der Waals surface area contributed by atoms with Gasteiger partial charge in [0.05, 0.1) is 5.60 Å². The average Bonchev–Trinajstić information content (AvgIpc) is 2.94. The van der Waals surface area contributed by atoms with Crippen molar-refractivity contribution in [3.05, 3.63) is 0 Å². The molecule has 0 aromatic rings. The maximum atomic E-state index is 8.00. The van der Waals surface area contributed by atoms with E-state index in [4.69, 9.17) is 9.53 Å². The van der Waals surface area contributed by atoms with E-state index in [1.54, 1.807) is 7.11 Å². The summed E-state index contributed by atoms with van der Waals surface area (Å²) < 4.78 is 5.39. The average molecular weight is 231 g/mol. The zero-order chi connectivity index (χ0) is 12.9. The van der Waals surface area contributed by atoms with Gasteiger partial charge in [0.1, 0.15) is 6.79 Å². The molecule has 0 unspecified atom stereocenters. The summed E-state index contributed by atoms with van der Waals surface area (Å²) in [6.45, 7) is 11.0. The van der Waals surface area contributed by atoms with Crippen LogP contribution in [0.3, 0.4) is 0 Å². The van der Waals surface area contributed by atoms with Crippen molar-refractivity contribution in [3.8, 4) is 0 Å². The Morgan fingerprint density at radius 2 is 1.44 bits per heavy atom. The van der Waals surface area contributed by atoms with E-state index in [0.717, 1.165) is 19.3 Å². The predicted octanol–water partition coefficient (Wildman–Crippen LogP) is 2.79. The first-order chi connectivity index (χ1) is 7.74. The minimum Gasteiger partial charge on any atom is -0.378 e. The minimum absolute atomic E-state index is 0.167. The number of rotatable bonds is 4. The highest BCUT2D eigenvalue weighted by Crippen LogP contribution is 2.22. The van der Waals surface area contributed by atoms with Gasteiger partial charge in [-0.1, -0.05) is 20.8 Å². The van der Waals surface area contributed by atoms with E-state index in [1.165, 1.54) is 25.9 Å². The summed E-state index contributed by atoms with van der Waals surface area (Å²) in [6.07, 6.45) is 6.14. The highest BCUT2D eigenvalue weighted by molar-refractivity contribution is 5.10. The molecule has 0 aromatic carbocycles. The van der Waals surface area contributed by atoms with E-state index in [2.05, 4.69) is 26.1 Å². The van der Waals surface area contributed by atoms with Gasteiger partial charge >= 0.3 is 0 Å². The van der Waals surface area contributed by atoms with Gasteiger partial charge in [0, 0.05) is 7.11 Å². The molecule has 1 N–H and O–H groups in total. The summed E-state index contributed by atoms with van der Waals surface area (Å²) in [5.74, 6) is 0.